The first-order chi connectivity index (χ1) is 12.9. The van der Waals surface area contributed by atoms with E-state index in [-0.39, 0.29) is 28.2 Å². The third-order valence-electron chi connectivity index (χ3n) is 3.75. The predicted octanol–water partition coefficient (Wildman–Crippen LogP) is -0.552. The Morgan fingerprint density at radius 1 is 1.56 bits per heavy atom. The van der Waals surface area contributed by atoms with Gasteiger partial charge in [-0.2, -0.15) is 9.36 Å². The second-order valence-corrected chi connectivity index (χ2v) is 7.49. The van der Waals surface area contributed by atoms with Gasteiger partial charge in [-0.3, -0.25) is 14.5 Å². The Morgan fingerprint density at radius 2 is 2.30 bits per heavy atom. The van der Waals surface area contributed by atoms with Crippen LogP contribution >= 0.6 is 34.9 Å². The lowest BCUT2D eigenvalue weighted by molar-refractivity contribution is -0.150. The number of carbonyl (C=O) groups excluding carboxylic acids is 2. The van der Waals surface area contributed by atoms with E-state index < -0.39 is 29.2 Å². The van der Waals surface area contributed by atoms with Gasteiger partial charge in [0.2, 0.25) is 11.5 Å². The number of hydrogen-bond donors (Lipinski definition) is 3. The molecule has 2 amide bonds. The van der Waals surface area contributed by atoms with Gasteiger partial charge in [0.25, 0.3) is 11.8 Å². The zero-order valence-electron chi connectivity index (χ0n) is 13.7. The minimum absolute atomic E-state index is 0.00369. The molecular weight excluding hydrogens is 420 g/mol. The quantitative estimate of drug-likeness (QED) is 0.232. The van der Waals surface area contributed by atoms with E-state index in [2.05, 4.69) is 24.7 Å². The number of rotatable bonds is 6. The number of alkyl halides is 1. The number of oxime groups is 1. The first-order valence-corrected chi connectivity index (χ1v) is 9.72. The van der Waals surface area contributed by atoms with Crippen LogP contribution in [-0.4, -0.2) is 73.0 Å². The Hall–Kier alpha value is -2.38. The summed E-state index contributed by atoms with van der Waals surface area (Å²) in [5.74, 6) is -2.22. The standard InChI is InChI=1S/C13H13ClN6O5S2/c1-25-18-5(8-17-13(15)27-19-8)9(21)16-6-10(22)20-7(12(23)24)4(2-14)3-26-11(6)20/h6,11H,2-3H2,1H3,(H,16,21)(H,23,24)(H2,15,17,19)/t6?,11-/m1/s1. The van der Waals surface area contributed by atoms with Gasteiger partial charge in [-0.15, -0.1) is 23.4 Å². The molecule has 1 unspecified atom stereocenters. The summed E-state index contributed by atoms with van der Waals surface area (Å²) in [6.45, 7) is 0. The number of hydrogen-bond acceptors (Lipinski definition) is 10. The molecule has 1 fully saturated rings. The van der Waals surface area contributed by atoms with Gasteiger partial charge in [-0.05, 0) is 5.57 Å². The lowest BCUT2D eigenvalue weighted by Crippen LogP contribution is -2.71. The highest BCUT2D eigenvalue weighted by atomic mass is 35.5. The average Bonchev–Trinajstić information content (AvgIpc) is 3.08. The number of thioether (sulfide) groups is 1. The number of carboxylic acid groups (broad SMARTS) is 1. The number of nitrogens with zero attached hydrogens (tertiary/aromatic N) is 4. The molecule has 4 N–H and O–H groups in total. The fourth-order valence-corrected chi connectivity index (χ4v) is 4.72. The highest BCUT2D eigenvalue weighted by Crippen LogP contribution is 2.40. The highest BCUT2D eigenvalue weighted by molar-refractivity contribution is 8.00. The molecule has 0 bridgehead atoms. The van der Waals surface area contributed by atoms with Crippen molar-refractivity contribution in [2.24, 2.45) is 5.16 Å². The highest BCUT2D eigenvalue weighted by Gasteiger charge is 2.54. The number of nitrogens with one attached hydrogen (secondary N) is 1. The number of nitrogens with two attached hydrogens (primary N) is 1. The summed E-state index contributed by atoms with van der Waals surface area (Å²) in [6.07, 6.45) is 0. The van der Waals surface area contributed by atoms with Crippen molar-refractivity contribution < 1.29 is 24.3 Å². The van der Waals surface area contributed by atoms with Gasteiger partial charge in [-0.1, -0.05) is 5.16 Å². The van der Waals surface area contributed by atoms with Gasteiger partial charge in [0, 0.05) is 23.2 Å². The number of aromatic nitrogens is 2. The van der Waals surface area contributed by atoms with Gasteiger partial charge in [0.15, 0.2) is 5.13 Å². The van der Waals surface area contributed by atoms with Crippen LogP contribution in [0.1, 0.15) is 5.82 Å². The zero-order valence-corrected chi connectivity index (χ0v) is 16.1. The number of halogens is 1. The van der Waals surface area contributed by atoms with Crippen molar-refractivity contribution in [3.05, 3.63) is 17.1 Å². The molecule has 11 nitrogen and oxygen atoms in total. The number of carboxylic acids is 1. The van der Waals surface area contributed by atoms with Crippen molar-refractivity contribution in [1.82, 2.24) is 19.6 Å². The maximum absolute atomic E-state index is 12.5. The largest absolute Gasteiger partial charge is 0.477 e. The van der Waals surface area contributed by atoms with Crippen molar-refractivity contribution >= 4 is 63.5 Å². The summed E-state index contributed by atoms with van der Waals surface area (Å²) in [7, 11) is 1.24. The van der Waals surface area contributed by atoms with E-state index >= 15 is 0 Å². The summed E-state index contributed by atoms with van der Waals surface area (Å²) in [4.78, 5) is 46.1. The summed E-state index contributed by atoms with van der Waals surface area (Å²) in [5.41, 5.74) is 5.59. The smallest absolute Gasteiger partial charge is 0.352 e. The number of fused-ring (bicyclic) bond motifs is 1. The van der Waals surface area contributed by atoms with Crippen LogP contribution in [0.5, 0.6) is 0 Å². The SMILES string of the molecule is CON=C(C(=O)NC1C(=O)N2C(C(=O)O)=C(CCl)CS[C@H]12)c1nsc(N)n1. The Bertz CT molecular complexity index is 871. The Morgan fingerprint density at radius 3 is 2.85 bits per heavy atom. The Labute approximate surface area is 165 Å². The molecule has 1 saturated heterocycles. The van der Waals surface area contributed by atoms with Gasteiger partial charge >= 0.3 is 5.97 Å². The summed E-state index contributed by atoms with van der Waals surface area (Å²) >= 11 is 7.96. The van der Waals surface area contributed by atoms with Gasteiger partial charge in [-0.25, -0.2) is 4.79 Å². The lowest BCUT2D eigenvalue weighted by Gasteiger charge is -2.49. The van der Waals surface area contributed by atoms with E-state index in [1.165, 1.54) is 18.9 Å². The first-order valence-electron chi connectivity index (χ1n) is 7.36. The van der Waals surface area contributed by atoms with E-state index in [9.17, 15) is 19.5 Å². The molecule has 0 aliphatic carbocycles. The lowest BCUT2D eigenvalue weighted by atomic mass is 10.0. The van der Waals surface area contributed by atoms with Crippen LogP contribution in [0.2, 0.25) is 0 Å². The number of β-lactam (4-membered cyclic amide) rings is 1. The van der Waals surface area contributed by atoms with Crippen LogP contribution in [0.4, 0.5) is 5.13 Å². The molecule has 0 saturated carbocycles. The number of nitrogen functional groups attached to an aromatic ring is 1. The van der Waals surface area contributed by atoms with Crippen molar-refractivity contribution in [1.29, 1.82) is 0 Å². The van der Waals surface area contributed by atoms with Crippen molar-refractivity contribution in [2.75, 3.05) is 24.5 Å². The number of aliphatic carboxylic acids is 1. The normalized spacial score (nSPS) is 22.2. The number of amides is 2. The summed E-state index contributed by atoms with van der Waals surface area (Å²) in [5, 5.41) is 15.1. The maximum atomic E-state index is 12.5. The molecule has 0 aromatic carbocycles. The molecule has 2 aliphatic heterocycles. The topological polar surface area (TPSA) is 160 Å². The van der Waals surface area contributed by atoms with Crippen molar-refractivity contribution in [3.63, 3.8) is 0 Å². The van der Waals surface area contributed by atoms with E-state index in [0.717, 1.165) is 16.4 Å². The van der Waals surface area contributed by atoms with Gasteiger partial charge in [0.05, 0.1) is 0 Å². The van der Waals surface area contributed by atoms with Crippen LogP contribution in [0.3, 0.4) is 0 Å². The molecule has 2 atom stereocenters. The van der Waals surface area contributed by atoms with Gasteiger partial charge in [0.1, 0.15) is 24.2 Å². The Balaban J connectivity index is 1.79. The van der Waals surface area contributed by atoms with Crippen molar-refractivity contribution in [2.45, 2.75) is 11.4 Å². The monoisotopic (exact) mass is 432 g/mol. The summed E-state index contributed by atoms with van der Waals surface area (Å²) in [6, 6.07) is -0.924. The minimum Gasteiger partial charge on any atom is -0.477 e. The molecule has 1 aromatic heterocycles. The van der Waals surface area contributed by atoms with E-state index in [4.69, 9.17) is 17.3 Å². The van der Waals surface area contributed by atoms with E-state index in [0.29, 0.717) is 11.3 Å². The van der Waals surface area contributed by atoms with Crippen LogP contribution in [0.25, 0.3) is 0 Å². The van der Waals surface area contributed by atoms with Gasteiger partial charge < -0.3 is 21.0 Å². The predicted molar refractivity (Wildman–Crippen MR) is 98.3 cm³/mol. The first kappa shape index (κ1) is 19.4. The number of carbonyl (C=O) groups is 3. The second-order valence-electron chi connectivity index (χ2n) is 5.33. The second kappa shape index (κ2) is 7.70. The molecule has 0 radical (unpaired) electrons. The van der Waals surface area contributed by atoms with E-state index in [1.54, 1.807) is 0 Å². The molecule has 144 valence electrons. The van der Waals surface area contributed by atoms with Crippen LogP contribution in [0, 0.1) is 0 Å². The van der Waals surface area contributed by atoms with Crippen LogP contribution in [-0.2, 0) is 19.2 Å². The van der Waals surface area contributed by atoms with Crippen LogP contribution < -0.4 is 11.1 Å². The Kier molecular flexibility index (Phi) is 5.53. The van der Waals surface area contributed by atoms with Crippen molar-refractivity contribution in [3.8, 4) is 0 Å². The van der Waals surface area contributed by atoms with Crippen LogP contribution in [0.15, 0.2) is 16.4 Å². The third-order valence-corrected chi connectivity index (χ3v) is 5.95. The molecule has 27 heavy (non-hydrogen) atoms. The maximum Gasteiger partial charge on any atom is 0.352 e. The molecule has 3 heterocycles. The molecule has 14 heteroatoms. The molecular formula is C13H13ClN6O5S2. The fourth-order valence-electron chi connectivity index (χ4n) is 2.60. The molecule has 0 spiro atoms. The third kappa shape index (κ3) is 3.44. The minimum atomic E-state index is -1.24. The molecule has 2 aliphatic rings. The number of anilines is 1. The molecule has 3 rings (SSSR count). The summed E-state index contributed by atoms with van der Waals surface area (Å²) < 4.78 is 3.90. The fraction of sp³-hybridized carbons (Fsp3) is 0.385. The molecule has 1 aromatic rings. The zero-order chi connectivity index (χ0) is 19.7. The van der Waals surface area contributed by atoms with E-state index in [1.807, 2.05) is 0 Å². The average molecular weight is 433 g/mol.